The molecule has 1 aliphatic rings. The van der Waals surface area contributed by atoms with Crippen molar-refractivity contribution in [1.82, 2.24) is 4.90 Å². The Morgan fingerprint density at radius 2 is 1.96 bits per heavy atom. The van der Waals surface area contributed by atoms with Crippen molar-refractivity contribution in [2.75, 3.05) is 32.0 Å². The van der Waals surface area contributed by atoms with Gasteiger partial charge in [-0.3, -0.25) is 4.79 Å². The molecule has 4 nitrogen and oxygen atoms in total. The van der Waals surface area contributed by atoms with Gasteiger partial charge < -0.3 is 15.4 Å². The molecule has 1 fully saturated rings. The summed E-state index contributed by atoms with van der Waals surface area (Å²) in [6.45, 7) is 3.00. The average Bonchev–Trinajstić information content (AvgIpc) is 2.57. The second-order valence-electron chi connectivity index (χ2n) is 5.71. The number of carbonyl (C=O) groups excluding carboxylic acids is 1. The third-order valence-corrected chi connectivity index (χ3v) is 5.14. The Balaban J connectivity index is 0.00000288. The molecule has 0 aliphatic carbocycles. The second kappa shape index (κ2) is 12.0. The normalized spacial score (nSPS) is 15.2. The van der Waals surface area contributed by atoms with Gasteiger partial charge in [-0.25, -0.2) is 0 Å². The zero-order valence-corrected chi connectivity index (χ0v) is 16.2. The van der Waals surface area contributed by atoms with E-state index in [1.807, 2.05) is 29.2 Å². The van der Waals surface area contributed by atoms with Crippen molar-refractivity contribution in [2.45, 2.75) is 31.1 Å². The molecule has 1 aromatic rings. The summed E-state index contributed by atoms with van der Waals surface area (Å²) in [5.41, 5.74) is 6.65. The Kier molecular flexibility index (Phi) is 10.8. The molecule has 2 N–H and O–H groups in total. The summed E-state index contributed by atoms with van der Waals surface area (Å²) >= 11 is 7.52. The number of hydrogen-bond acceptors (Lipinski definition) is 4. The number of nitrogens with zero attached hydrogens (tertiary/aromatic N) is 1. The van der Waals surface area contributed by atoms with Crippen LogP contribution in [0, 0.1) is 0 Å². The van der Waals surface area contributed by atoms with Crippen LogP contribution in [0.25, 0.3) is 0 Å². The Labute approximate surface area is 159 Å². The van der Waals surface area contributed by atoms with Crippen molar-refractivity contribution in [2.24, 2.45) is 5.73 Å². The lowest BCUT2D eigenvalue weighted by Crippen LogP contribution is -2.41. The molecule has 0 saturated carbocycles. The highest BCUT2D eigenvalue weighted by Gasteiger charge is 2.22. The number of hydrogen-bond donors (Lipinski definition) is 1. The summed E-state index contributed by atoms with van der Waals surface area (Å²) in [6.07, 6.45) is 3.05. The number of piperidine rings is 1. The number of amides is 1. The van der Waals surface area contributed by atoms with Gasteiger partial charge in [0.2, 0.25) is 5.91 Å². The van der Waals surface area contributed by atoms with Gasteiger partial charge in [0.15, 0.2) is 0 Å². The molecule has 1 amide bonds. The van der Waals surface area contributed by atoms with Gasteiger partial charge in [0.05, 0.1) is 11.9 Å². The van der Waals surface area contributed by atoms with Crippen LogP contribution in [0.2, 0.25) is 5.02 Å². The highest BCUT2D eigenvalue weighted by molar-refractivity contribution is 7.99. The molecule has 7 heteroatoms. The molecule has 136 valence electrons. The SMILES string of the molecule is Cl.NCCCOC1CCN(C(=O)CSCc2ccc(Cl)cc2)CC1. The fourth-order valence-corrected chi connectivity index (χ4v) is 3.55. The predicted octanol–water partition coefficient (Wildman–Crippen LogP) is 3.35. The highest BCUT2D eigenvalue weighted by Crippen LogP contribution is 2.18. The lowest BCUT2D eigenvalue weighted by Gasteiger charge is -2.32. The van der Waals surface area contributed by atoms with E-state index < -0.39 is 0 Å². The van der Waals surface area contributed by atoms with Gasteiger partial charge in [0.1, 0.15) is 0 Å². The summed E-state index contributed by atoms with van der Waals surface area (Å²) < 4.78 is 5.77. The van der Waals surface area contributed by atoms with E-state index >= 15 is 0 Å². The van der Waals surface area contributed by atoms with Gasteiger partial charge in [0.25, 0.3) is 0 Å². The standard InChI is InChI=1S/C17H25ClN2O2S.ClH/c18-15-4-2-14(3-5-15)12-23-13-17(21)20-9-6-16(7-10-20)22-11-1-8-19;/h2-5,16H,1,6-13,19H2;1H. The van der Waals surface area contributed by atoms with Crippen LogP contribution >= 0.6 is 35.8 Å². The van der Waals surface area contributed by atoms with E-state index in [0.29, 0.717) is 12.3 Å². The monoisotopic (exact) mass is 392 g/mol. The van der Waals surface area contributed by atoms with Gasteiger partial charge >= 0.3 is 0 Å². The van der Waals surface area contributed by atoms with Gasteiger partial charge in [-0.1, -0.05) is 23.7 Å². The van der Waals surface area contributed by atoms with Crippen LogP contribution in [0.5, 0.6) is 0 Å². The Hall–Kier alpha value is -0.460. The first-order chi connectivity index (χ1) is 11.2. The molecule has 1 saturated heterocycles. The molecule has 0 radical (unpaired) electrons. The zero-order chi connectivity index (χ0) is 16.5. The van der Waals surface area contributed by atoms with Crippen LogP contribution in [-0.2, 0) is 15.3 Å². The summed E-state index contributed by atoms with van der Waals surface area (Å²) in [4.78, 5) is 14.2. The zero-order valence-electron chi connectivity index (χ0n) is 13.8. The number of ether oxygens (including phenoxy) is 1. The van der Waals surface area contributed by atoms with E-state index in [9.17, 15) is 4.79 Å². The predicted molar refractivity (Wildman–Crippen MR) is 104 cm³/mol. The molecule has 0 bridgehead atoms. The summed E-state index contributed by atoms with van der Waals surface area (Å²) in [6, 6.07) is 7.78. The summed E-state index contributed by atoms with van der Waals surface area (Å²) in [5.74, 6) is 1.59. The molecule has 0 aromatic heterocycles. The topological polar surface area (TPSA) is 55.6 Å². The fraction of sp³-hybridized carbons (Fsp3) is 0.588. The van der Waals surface area contributed by atoms with Crippen LogP contribution < -0.4 is 5.73 Å². The third kappa shape index (κ3) is 7.62. The molecular weight excluding hydrogens is 367 g/mol. The average molecular weight is 393 g/mol. The van der Waals surface area contributed by atoms with Gasteiger partial charge in [-0.2, -0.15) is 0 Å². The van der Waals surface area contributed by atoms with E-state index in [0.717, 1.165) is 49.7 Å². The smallest absolute Gasteiger partial charge is 0.232 e. The summed E-state index contributed by atoms with van der Waals surface area (Å²) in [5, 5.41) is 0.742. The number of nitrogens with two attached hydrogens (primary N) is 1. The highest BCUT2D eigenvalue weighted by atomic mass is 35.5. The first-order valence-corrected chi connectivity index (χ1v) is 9.64. The quantitative estimate of drug-likeness (QED) is 0.689. The number of thioether (sulfide) groups is 1. The van der Waals surface area contributed by atoms with Gasteiger partial charge in [-0.05, 0) is 43.5 Å². The van der Waals surface area contributed by atoms with Crippen LogP contribution in [0.1, 0.15) is 24.8 Å². The maximum absolute atomic E-state index is 12.2. The summed E-state index contributed by atoms with van der Waals surface area (Å²) in [7, 11) is 0. The lowest BCUT2D eigenvalue weighted by atomic mass is 10.1. The van der Waals surface area contributed by atoms with Crippen LogP contribution in [0.15, 0.2) is 24.3 Å². The Morgan fingerprint density at radius 3 is 2.58 bits per heavy atom. The maximum Gasteiger partial charge on any atom is 0.232 e. The number of carbonyl (C=O) groups is 1. The molecule has 0 atom stereocenters. The van der Waals surface area contributed by atoms with Crippen molar-refractivity contribution < 1.29 is 9.53 Å². The number of likely N-dealkylation sites (tertiary alicyclic amines) is 1. The second-order valence-corrected chi connectivity index (χ2v) is 7.13. The van der Waals surface area contributed by atoms with E-state index in [1.165, 1.54) is 5.56 Å². The van der Waals surface area contributed by atoms with Crippen molar-refractivity contribution in [3.63, 3.8) is 0 Å². The number of rotatable bonds is 8. The van der Waals surface area contributed by atoms with Gasteiger partial charge in [0, 0.05) is 30.5 Å². The Morgan fingerprint density at radius 1 is 1.29 bits per heavy atom. The number of benzene rings is 1. The van der Waals surface area contributed by atoms with E-state index in [1.54, 1.807) is 11.8 Å². The first kappa shape index (κ1) is 21.6. The fourth-order valence-electron chi connectivity index (χ4n) is 2.53. The maximum atomic E-state index is 12.2. The molecule has 0 unspecified atom stereocenters. The lowest BCUT2D eigenvalue weighted by molar-refractivity contribution is -0.130. The van der Waals surface area contributed by atoms with Gasteiger partial charge in [-0.15, -0.1) is 24.2 Å². The van der Waals surface area contributed by atoms with E-state index in [2.05, 4.69) is 0 Å². The van der Waals surface area contributed by atoms with E-state index in [-0.39, 0.29) is 24.4 Å². The molecule has 0 spiro atoms. The third-order valence-electron chi connectivity index (χ3n) is 3.90. The minimum Gasteiger partial charge on any atom is -0.378 e. The number of halogens is 2. The molecule has 1 aliphatic heterocycles. The molecule has 2 rings (SSSR count). The Bertz CT molecular complexity index is 480. The van der Waals surface area contributed by atoms with E-state index in [4.69, 9.17) is 22.1 Å². The minimum atomic E-state index is 0. The van der Waals surface area contributed by atoms with Crippen LogP contribution in [0.4, 0.5) is 0 Å². The van der Waals surface area contributed by atoms with Crippen molar-refractivity contribution in [3.8, 4) is 0 Å². The molecule has 1 aromatic carbocycles. The first-order valence-electron chi connectivity index (χ1n) is 8.10. The van der Waals surface area contributed by atoms with Crippen molar-refractivity contribution in [3.05, 3.63) is 34.9 Å². The minimum absolute atomic E-state index is 0. The van der Waals surface area contributed by atoms with Crippen LogP contribution in [0.3, 0.4) is 0 Å². The van der Waals surface area contributed by atoms with Crippen molar-refractivity contribution >= 4 is 41.7 Å². The molecule has 24 heavy (non-hydrogen) atoms. The van der Waals surface area contributed by atoms with Crippen LogP contribution in [-0.4, -0.2) is 48.9 Å². The van der Waals surface area contributed by atoms with Crippen molar-refractivity contribution in [1.29, 1.82) is 0 Å². The largest absolute Gasteiger partial charge is 0.378 e. The molecule has 1 heterocycles. The molecular formula is C17H26Cl2N2O2S.